The number of ether oxygens (including phenoxy) is 2. The number of carbonyl (C=O) groups is 1. The van der Waals surface area contributed by atoms with Gasteiger partial charge in [0.2, 0.25) is 0 Å². The van der Waals surface area contributed by atoms with Gasteiger partial charge in [-0.25, -0.2) is 0 Å². The monoisotopic (exact) mass is 363 g/mol. The zero-order valence-corrected chi connectivity index (χ0v) is 15.1. The van der Waals surface area contributed by atoms with Gasteiger partial charge in [0.15, 0.2) is 0 Å². The summed E-state index contributed by atoms with van der Waals surface area (Å²) < 4.78 is 10.8. The van der Waals surface area contributed by atoms with Crippen molar-refractivity contribution in [1.29, 1.82) is 0 Å². The first-order valence-corrected chi connectivity index (χ1v) is 8.97. The van der Waals surface area contributed by atoms with Crippen molar-refractivity contribution >= 4 is 29.3 Å². The van der Waals surface area contributed by atoms with Crippen molar-refractivity contribution < 1.29 is 14.3 Å². The molecule has 4 nitrogen and oxygen atoms in total. The molecule has 2 aromatic carbocycles. The van der Waals surface area contributed by atoms with E-state index in [4.69, 9.17) is 21.1 Å². The van der Waals surface area contributed by atoms with Gasteiger partial charge in [-0.3, -0.25) is 4.79 Å². The maximum absolute atomic E-state index is 12.9. The average Bonchev–Trinajstić information content (AvgIpc) is 3.10. The Bertz CT molecular complexity index is 736. The number of nitrogens with zero attached hydrogens (tertiary/aromatic N) is 1. The highest BCUT2D eigenvalue weighted by Gasteiger charge is 2.33. The van der Waals surface area contributed by atoms with Gasteiger partial charge in [-0.2, -0.15) is 0 Å². The molecule has 1 aliphatic heterocycles. The second-order valence-corrected chi connectivity index (χ2v) is 6.96. The second-order valence-electron chi connectivity index (χ2n) is 5.34. The molecule has 1 fully saturated rings. The molecule has 0 unspecified atom stereocenters. The fourth-order valence-corrected chi connectivity index (χ4v) is 4.12. The largest absolute Gasteiger partial charge is 0.497 e. The first kappa shape index (κ1) is 17.0. The van der Waals surface area contributed by atoms with E-state index in [-0.39, 0.29) is 11.3 Å². The summed E-state index contributed by atoms with van der Waals surface area (Å²) >= 11 is 7.64. The minimum Gasteiger partial charge on any atom is -0.497 e. The van der Waals surface area contributed by atoms with E-state index < -0.39 is 0 Å². The molecular formula is C18H18ClNO3S. The molecule has 0 N–H and O–H groups in total. The molecule has 1 atom stereocenters. The number of hydrogen-bond acceptors (Lipinski definition) is 4. The maximum atomic E-state index is 12.9. The summed E-state index contributed by atoms with van der Waals surface area (Å²) in [5.74, 6) is 2.37. The minimum atomic E-state index is -0.0989. The van der Waals surface area contributed by atoms with Crippen LogP contribution in [-0.4, -0.2) is 37.3 Å². The Hall–Kier alpha value is -1.85. The number of halogens is 1. The van der Waals surface area contributed by atoms with E-state index in [0.29, 0.717) is 17.1 Å². The molecule has 2 aromatic rings. The Morgan fingerprint density at radius 3 is 2.58 bits per heavy atom. The van der Waals surface area contributed by atoms with Gasteiger partial charge in [-0.1, -0.05) is 11.6 Å². The lowest BCUT2D eigenvalue weighted by Crippen LogP contribution is -2.30. The van der Waals surface area contributed by atoms with Crippen LogP contribution < -0.4 is 9.47 Å². The molecule has 0 saturated carbocycles. The standard InChI is InChI=1S/C18H18ClNO3S/c1-22-14-7-8-16(23-2)15(11-14)18-20(9-10-24-18)17(21)12-3-5-13(19)6-4-12/h3-8,11,18H,9-10H2,1-2H3/t18-/m0/s1. The summed E-state index contributed by atoms with van der Waals surface area (Å²) in [5, 5.41) is 0.520. The Morgan fingerprint density at radius 2 is 1.92 bits per heavy atom. The Labute approximate surface area is 150 Å². The van der Waals surface area contributed by atoms with Crippen molar-refractivity contribution in [2.45, 2.75) is 5.37 Å². The molecule has 24 heavy (non-hydrogen) atoms. The van der Waals surface area contributed by atoms with Gasteiger partial charge < -0.3 is 14.4 Å². The predicted octanol–water partition coefficient (Wildman–Crippen LogP) is 4.25. The van der Waals surface area contributed by atoms with Gasteiger partial charge >= 0.3 is 0 Å². The average molecular weight is 364 g/mol. The molecule has 1 aliphatic rings. The van der Waals surface area contributed by atoms with Crippen LogP contribution in [0.15, 0.2) is 42.5 Å². The van der Waals surface area contributed by atoms with Crippen LogP contribution in [0.4, 0.5) is 0 Å². The zero-order chi connectivity index (χ0) is 17.1. The highest BCUT2D eigenvalue weighted by Crippen LogP contribution is 2.43. The van der Waals surface area contributed by atoms with Crippen LogP contribution in [0.5, 0.6) is 11.5 Å². The van der Waals surface area contributed by atoms with Crippen LogP contribution in [0.1, 0.15) is 21.3 Å². The summed E-state index contributed by atoms with van der Waals surface area (Å²) in [5.41, 5.74) is 1.58. The molecule has 6 heteroatoms. The van der Waals surface area contributed by atoms with Crippen LogP contribution in [0.25, 0.3) is 0 Å². The maximum Gasteiger partial charge on any atom is 0.255 e. The highest BCUT2D eigenvalue weighted by molar-refractivity contribution is 7.99. The summed E-state index contributed by atoms with van der Waals surface area (Å²) in [4.78, 5) is 14.8. The van der Waals surface area contributed by atoms with Crippen LogP contribution in [0.2, 0.25) is 5.02 Å². The third kappa shape index (κ3) is 3.32. The van der Waals surface area contributed by atoms with Gasteiger partial charge in [0.05, 0.1) is 14.2 Å². The first-order chi connectivity index (χ1) is 11.6. The number of hydrogen-bond donors (Lipinski definition) is 0. The van der Waals surface area contributed by atoms with Gasteiger partial charge in [0.1, 0.15) is 16.9 Å². The third-order valence-corrected chi connectivity index (χ3v) is 5.44. The lowest BCUT2D eigenvalue weighted by Gasteiger charge is -2.26. The van der Waals surface area contributed by atoms with E-state index >= 15 is 0 Å². The SMILES string of the molecule is COc1ccc(OC)c([C@@H]2SCCN2C(=O)c2ccc(Cl)cc2)c1. The summed E-state index contributed by atoms with van der Waals surface area (Å²) in [7, 11) is 3.26. The quantitative estimate of drug-likeness (QED) is 0.814. The smallest absolute Gasteiger partial charge is 0.255 e. The van der Waals surface area contributed by atoms with E-state index in [1.54, 1.807) is 50.2 Å². The van der Waals surface area contributed by atoms with E-state index in [0.717, 1.165) is 22.8 Å². The van der Waals surface area contributed by atoms with Gasteiger partial charge in [0.25, 0.3) is 5.91 Å². The fourth-order valence-electron chi connectivity index (χ4n) is 2.73. The van der Waals surface area contributed by atoms with Gasteiger partial charge in [-0.05, 0) is 42.5 Å². The van der Waals surface area contributed by atoms with Crippen LogP contribution in [0, 0.1) is 0 Å². The lowest BCUT2D eigenvalue weighted by molar-refractivity contribution is 0.0759. The minimum absolute atomic E-state index is 0.00783. The van der Waals surface area contributed by atoms with Crippen LogP contribution >= 0.6 is 23.4 Å². The number of thioether (sulfide) groups is 1. The van der Waals surface area contributed by atoms with Crippen molar-refractivity contribution in [3.05, 3.63) is 58.6 Å². The molecule has 0 bridgehead atoms. The molecule has 3 rings (SSSR count). The fraction of sp³-hybridized carbons (Fsp3) is 0.278. The molecular weight excluding hydrogens is 346 g/mol. The van der Waals surface area contributed by atoms with E-state index in [1.165, 1.54) is 0 Å². The lowest BCUT2D eigenvalue weighted by atomic mass is 10.1. The summed E-state index contributed by atoms with van der Waals surface area (Å²) in [6.07, 6.45) is 0. The molecule has 0 aliphatic carbocycles. The van der Waals surface area contributed by atoms with E-state index in [1.807, 2.05) is 23.1 Å². The van der Waals surface area contributed by atoms with Crippen molar-refractivity contribution in [3.63, 3.8) is 0 Å². The number of methoxy groups -OCH3 is 2. The topological polar surface area (TPSA) is 38.8 Å². The summed E-state index contributed by atoms with van der Waals surface area (Å²) in [6.45, 7) is 0.692. The predicted molar refractivity (Wildman–Crippen MR) is 97.2 cm³/mol. The van der Waals surface area contributed by atoms with Crippen LogP contribution in [-0.2, 0) is 0 Å². The van der Waals surface area contributed by atoms with Crippen molar-refractivity contribution in [1.82, 2.24) is 4.90 Å². The van der Waals surface area contributed by atoms with Crippen molar-refractivity contribution in [3.8, 4) is 11.5 Å². The molecule has 126 valence electrons. The molecule has 0 radical (unpaired) electrons. The Morgan fingerprint density at radius 1 is 1.17 bits per heavy atom. The highest BCUT2D eigenvalue weighted by atomic mass is 35.5. The summed E-state index contributed by atoms with van der Waals surface area (Å²) in [6, 6.07) is 12.6. The van der Waals surface area contributed by atoms with Gasteiger partial charge in [-0.15, -0.1) is 11.8 Å². The third-order valence-electron chi connectivity index (χ3n) is 3.95. The number of carbonyl (C=O) groups excluding carboxylic acids is 1. The number of amides is 1. The molecule has 1 saturated heterocycles. The molecule has 1 amide bonds. The van der Waals surface area contributed by atoms with E-state index in [2.05, 4.69) is 0 Å². The molecule has 1 heterocycles. The Kier molecular flexibility index (Phi) is 5.21. The molecule has 0 spiro atoms. The first-order valence-electron chi connectivity index (χ1n) is 7.54. The number of benzene rings is 2. The normalized spacial score (nSPS) is 17.0. The zero-order valence-electron chi connectivity index (χ0n) is 13.5. The number of rotatable bonds is 4. The van der Waals surface area contributed by atoms with Gasteiger partial charge in [0, 0.05) is 28.4 Å². The van der Waals surface area contributed by atoms with E-state index in [9.17, 15) is 4.79 Å². The molecule has 0 aromatic heterocycles. The van der Waals surface area contributed by atoms with Crippen molar-refractivity contribution in [2.24, 2.45) is 0 Å². The van der Waals surface area contributed by atoms with Crippen molar-refractivity contribution in [2.75, 3.05) is 26.5 Å². The van der Waals surface area contributed by atoms with Crippen LogP contribution in [0.3, 0.4) is 0 Å². The second kappa shape index (κ2) is 7.36. The Balaban J connectivity index is 1.93.